The SMILES string of the molecule is O=C1S/C(=C\c2ccc(Cl)cc2)C(=O)N1CC(c1ccc(F)cc1)N1CCN(CC(O)(Cn2cncn2)c2ccc(F)cc2F)CC1. The Balaban J connectivity index is 1.19. The van der Waals surface area contributed by atoms with Gasteiger partial charge in [-0.05, 0) is 59.3 Å². The first-order valence-electron chi connectivity index (χ1n) is 14.8. The predicted octanol–water partition coefficient (Wildman–Crippen LogP) is 5.33. The lowest BCUT2D eigenvalue weighted by Crippen LogP contribution is -2.54. The number of rotatable bonds is 10. The summed E-state index contributed by atoms with van der Waals surface area (Å²) in [6.07, 6.45) is 4.37. The van der Waals surface area contributed by atoms with Crippen LogP contribution in [-0.4, -0.2) is 85.0 Å². The number of β-amino-alcohol motifs (C(OH)–C–C–N with tert-alkyl or cyclic N) is 1. The Kier molecular flexibility index (Phi) is 9.80. The number of nitrogens with zero attached hydrogens (tertiary/aromatic N) is 6. The van der Waals surface area contributed by atoms with Crippen LogP contribution >= 0.6 is 23.4 Å². The highest BCUT2D eigenvalue weighted by molar-refractivity contribution is 8.18. The lowest BCUT2D eigenvalue weighted by atomic mass is 9.92. The third-order valence-electron chi connectivity index (χ3n) is 8.31. The van der Waals surface area contributed by atoms with E-state index in [9.17, 15) is 27.9 Å². The minimum Gasteiger partial charge on any atom is -0.382 e. The molecule has 1 N–H and O–H groups in total. The van der Waals surface area contributed by atoms with E-state index in [1.165, 1.54) is 40.4 Å². The Bertz CT molecular complexity index is 1770. The molecule has 1 aromatic heterocycles. The average Bonchev–Trinajstić information content (AvgIpc) is 3.64. The van der Waals surface area contributed by atoms with Gasteiger partial charge >= 0.3 is 0 Å². The van der Waals surface area contributed by atoms with Crippen molar-refractivity contribution in [2.45, 2.75) is 18.2 Å². The molecule has 2 atom stereocenters. The minimum absolute atomic E-state index is 0.0169. The zero-order valence-corrected chi connectivity index (χ0v) is 26.5. The summed E-state index contributed by atoms with van der Waals surface area (Å²) in [7, 11) is 0. The summed E-state index contributed by atoms with van der Waals surface area (Å²) < 4.78 is 44.0. The number of carbonyl (C=O) groups is 2. The summed E-state index contributed by atoms with van der Waals surface area (Å²) in [5.41, 5.74) is -0.360. The van der Waals surface area contributed by atoms with Crippen LogP contribution in [0.4, 0.5) is 18.0 Å². The molecule has 0 bridgehead atoms. The van der Waals surface area contributed by atoms with Crippen LogP contribution in [0.3, 0.4) is 0 Å². The van der Waals surface area contributed by atoms with Crippen LogP contribution in [0, 0.1) is 17.5 Å². The van der Waals surface area contributed by atoms with Crippen LogP contribution in [-0.2, 0) is 16.9 Å². The molecule has 0 radical (unpaired) electrons. The van der Waals surface area contributed by atoms with Crippen LogP contribution in [0.25, 0.3) is 6.08 Å². The fourth-order valence-electron chi connectivity index (χ4n) is 5.93. The molecule has 0 saturated carbocycles. The molecule has 2 aliphatic rings. The lowest BCUT2D eigenvalue weighted by molar-refractivity contribution is -0.123. The number of aliphatic hydroxyl groups is 1. The molecular weight excluding hydrogens is 653 g/mol. The second-order valence-corrected chi connectivity index (χ2v) is 12.9. The summed E-state index contributed by atoms with van der Waals surface area (Å²) >= 11 is 6.84. The number of carbonyl (C=O) groups excluding carboxylic acids is 2. The number of imide groups is 1. The zero-order valence-electron chi connectivity index (χ0n) is 25.0. The summed E-state index contributed by atoms with van der Waals surface area (Å²) in [5, 5.41) is 16.0. The first-order valence-corrected chi connectivity index (χ1v) is 16.0. The van der Waals surface area contributed by atoms with Gasteiger partial charge in [0.1, 0.15) is 35.7 Å². The average molecular weight is 683 g/mol. The number of halogens is 4. The minimum atomic E-state index is -1.76. The highest BCUT2D eigenvalue weighted by Crippen LogP contribution is 2.36. The zero-order chi connectivity index (χ0) is 33.1. The molecule has 0 spiro atoms. The number of hydrogen-bond acceptors (Lipinski definition) is 8. The van der Waals surface area contributed by atoms with Crippen molar-refractivity contribution in [1.29, 1.82) is 0 Å². The maximum Gasteiger partial charge on any atom is 0.293 e. The standard InChI is InChI=1S/C33H30ClF3N6O3S/c34-24-5-1-22(2-6-24)15-30-31(44)43(32(45)47-30)17-29(23-3-7-25(35)8-4-23)41-13-11-40(12-14-41)18-33(46,19-42-21-38-20-39-42)27-10-9-26(36)16-28(27)37/h1-10,15-16,20-21,29,46H,11-14,17-19H2/b30-15-. The van der Waals surface area contributed by atoms with E-state index in [0.717, 1.165) is 35.0 Å². The van der Waals surface area contributed by atoms with Crippen LogP contribution in [0.2, 0.25) is 5.02 Å². The maximum absolute atomic E-state index is 15.0. The van der Waals surface area contributed by atoms with Crippen LogP contribution in [0.1, 0.15) is 22.7 Å². The van der Waals surface area contributed by atoms with Gasteiger partial charge in [-0.3, -0.25) is 24.3 Å². The molecule has 2 fully saturated rings. The first-order chi connectivity index (χ1) is 22.6. The summed E-state index contributed by atoms with van der Waals surface area (Å²) in [6, 6.07) is 15.5. The van der Waals surface area contributed by atoms with Crippen molar-refractivity contribution < 1.29 is 27.9 Å². The van der Waals surface area contributed by atoms with Gasteiger partial charge in [0.15, 0.2) is 0 Å². The monoisotopic (exact) mass is 682 g/mol. The van der Waals surface area contributed by atoms with Gasteiger partial charge in [0.25, 0.3) is 11.1 Å². The van der Waals surface area contributed by atoms with Gasteiger partial charge in [0, 0.05) is 55.9 Å². The number of benzene rings is 3. The normalized spacial score (nSPS) is 19.0. The van der Waals surface area contributed by atoms with Crippen molar-refractivity contribution in [3.8, 4) is 0 Å². The van der Waals surface area contributed by atoms with Crippen LogP contribution in [0.5, 0.6) is 0 Å². The number of amides is 2. The molecule has 2 unspecified atom stereocenters. The van der Waals surface area contributed by atoms with Crippen molar-refractivity contribution in [2.75, 3.05) is 39.3 Å². The van der Waals surface area contributed by atoms with Crippen molar-refractivity contribution >= 4 is 40.6 Å². The molecule has 9 nitrogen and oxygen atoms in total. The lowest BCUT2D eigenvalue weighted by Gasteiger charge is -2.42. The van der Waals surface area contributed by atoms with Crippen molar-refractivity contribution in [2.24, 2.45) is 0 Å². The van der Waals surface area contributed by atoms with E-state index >= 15 is 0 Å². The molecule has 2 aliphatic heterocycles. The topological polar surface area (TPSA) is 94.8 Å². The summed E-state index contributed by atoms with van der Waals surface area (Å²) in [5.74, 6) is -2.45. The smallest absolute Gasteiger partial charge is 0.293 e. The van der Waals surface area contributed by atoms with Gasteiger partial charge in [-0.15, -0.1) is 0 Å². The molecule has 244 valence electrons. The Morgan fingerprint density at radius 2 is 1.64 bits per heavy atom. The second kappa shape index (κ2) is 14.0. The van der Waals surface area contributed by atoms with E-state index in [1.807, 2.05) is 4.90 Å². The van der Waals surface area contributed by atoms with Crippen molar-refractivity contribution in [1.82, 2.24) is 29.5 Å². The third kappa shape index (κ3) is 7.60. The maximum atomic E-state index is 15.0. The van der Waals surface area contributed by atoms with Crippen LogP contribution in [0.15, 0.2) is 84.3 Å². The molecule has 3 aromatic carbocycles. The van der Waals surface area contributed by atoms with Gasteiger partial charge in [-0.1, -0.05) is 41.9 Å². The van der Waals surface area contributed by atoms with Gasteiger partial charge in [0.2, 0.25) is 0 Å². The number of aromatic nitrogens is 3. The fourth-order valence-corrected chi connectivity index (χ4v) is 6.90. The van der Waals surface area contributed by atoms with E-state index in [2.05, 4.69) is 15.0 Å². The highest BCUT2D eigenvalue weighted by Gasteiger charge is 2.40. The molecular formula is C33H30ClF3N6O3S. The van der Waals surface area contributed by atoms with Crippen molar-refractivity contribution in [3.63, 3.8) is 0 Å². The Labute approximate surface area is 278 Å². The van der Waals surface area contributed by atoms with E-state index in [0.29, 0.717) is 36.1 Å². The largest absolute Gasteiger partial charge is 0.382 e. The fraction of sp³-hybridized carbons (Fsp3) is 0.273. The molecule has 2 saturated heterocycles. The summed E-state index contributed by atoms with van der Waals surface area (Å²) in [6.45, 7) is 1.76. The third-order valence-corrected chi connectivity index (χ3v) is 9.47. The van der Waals surface area contributed by atoms with Gasteiger partial charge in [-0.25, -0.2) is 22.8 Å². The van der Waals surface area contributed by atoms with E-state index in [4.69, 9.17) is 11.6 Å². The van der Waals surface area contributed by atoms with Crippen molar-refractivity contribution in [3.05, 3.63) is 123 Å². The predicted molar refractivity (Wildman–Crippen MR) is 172 cm³/mol. The van der Waals surface area contributed by atoms with E-state index in [1.54, 1.807) is 42.5 Å². The molecule has 6 rings (SSSR count). The van der Waals surface area contributed by atoms with Gasteiger partial charge in [0.05, 0.1) is 17.5 Å². The molecule has 3 heterocycles. The number of thioether (sulfide) groups is 1. The number of hydrogen-bond donors (Lipinski definition) is 1. The molecule has 14 heteroatoms. The van der Waals surface area contributed by atoms with Gasteiger partial charge < -0.3 is 5.11 Å². The first kappa shape index (κ1) is 32.9. The molecule has 4 aromatic rings. The van der Waals surface area contributed by atoms with Crippen LogP contribution < -0.4 is 0 Å². The Morgan fingerprint density at radius 1 is 0.936 bits per heavy atom. The highest BCUT2D eigenvalue weighted by atomic mass is 35.5. The Morgan fingerprint density at radius 3 is 2.30 bits per heavy atom. The van der Waals surface area contributed by atoms with E-state index < -0.39 is 40.2 Å². The van der Waals surface area contributed by atoms with E-state index in [-0.39, 0.29) is 25.2 Å². The molecule has 2 amide bonds. The summed E-state index contributed by atoms with van der Waals surface area (Å²) in [4.78, 5) is 36.0. The van der Waals surface area contributed by atoms with Gasteiger partial charge in [-0.2, -0.15) is 5.10 Å². The second-order valence-electron chi connectivity index (χ2n) is 11.5. The number of piperazine rings is 1. The quantitative estimate of drug-likeness (QED) is 0.225. The molecule has 47 heavy (non-hydrogen) atoms. The molecule has 0 aliphatic carbocycles. The Hall–Kier alpha value is -4.01.